The molecule has 6 N–H and O–H groups in total. The Balaban J connectivity index is 0.000000885. The molecular formula is C45H68N11O7P. The number of benzene rings is 1. The van der Waals surface area contributed by atoms with E-state index in [1.165, 1.54) is 23.0 Å². The van der Waals surface area contributed by atoms with Gasteiger partial charge in [-0.3, -0.25) is 33.7 Å². The van der Waals surface area contributed by atoms with Crippen LogP contribution >= 0.6 is 8.69 Å². The number of hydrogen-bond acceptors (Lipinski definition) is 12. The summed E-state index contributed by atoms with van der Waals surface area (Å²) in [7, 11) is 2.79. The van der Waals surface area contributed by atoms with Crippen LogP contribution in [0.5, 0.6) is 0 Å². The van der Waals surface area contributed by atoms with Crippen LogP contribution in [0, 0.1) is 11.3 Å². The lowest BCUT2D eigenvalue weighted by Crippen LogP contribution is -2.61. The van der Waals surface area contributed by atoms with E-state index in [0.29, 0.717) is 38.0 Å². The number of methoxy groups -OCH3 is 1. The molecule has 4 heterocycles. The van der Waals surface area contributed by atoms with Crippen molar-refractivity contribution in [3.63, 3.8) is 0 Å². The quantitative estimate of drug-likeness (QED) is 0.0234. The van der Waals surface area contributed by atoms with Gasteiger partial charge in [0.1, 0.15) is 12.1 Å². The van der Waals surface area contributed by atoms with Gasteiger partial charge in [-0.2, -0.15) is 0 Å². The zero-order valence-corrected chi connectivity index (χ0v) is 39.6. The largest absolute Gasteiger partial charge is 0.382 e. The van der Waals surface area contributed by atoms with E-state index in [2.05, 4.69) is 47.8 Å². The third-order valence-corrected chi connectivity index (χ3v) is 11.7. The van der Waals surface area contributed by atoms with Gasteiger partial charge in [0.2, 0.25) is 18.2 Å². The Morgan fingerprint density at radius 2 is 1.83 bits per heavy atom. The van der Waals surface area contributed by atoms with Crippen molar-refractivity contribution in [1.82, 2.24) is 40.2 Å². The summed E-state index contributed by atoms with van der Waals surface area (Å²) in [6.07, 6.45) is 8.04. The second-order valence-corrected chi connectivity index (χ2v) is 17.7. The molecule has 4 amide bonds. The highest BCUT2D eigenvalue weighted by atomic mass is 31.1. The number of nitrogens with one attached hydrogen (secondary N) is 2. The number of carbonyl (C=O) groups is 4. The molecule has 1 aromatic carbocycles. The molecule has 2 aliphatic heterocycles. The van der Waals surface area contributed by atoms with Crippen LogP contribution in [0.2, 0.25) is 0 Å². The fraction of sp³-hybridized carbons (Fsp3) is 0.556. The molecular weight excluding hydrogens is 838 g/mol. The molecule has 18 nitrogen and oxygen atoms in total. The van der Waals surface area contributed by atoms with Crippen LogP contribution in [-0.2, 0) is 46.0 Å². The van der Waals surface area contributed by atoms with E-state index in [1.54, 1.807) is 13.3 Å². The van der Waals surface area contributed by atoms with Crippen LogP contribution in [0.4, 0.5) is 0 Å². The minimum Gasteiger partial charge on any atom is -0.382 e. The molecule has 3 unspecified atom stereocenters. The maximum absolute atomic E-state index is 13.7. The van der Waals surface area contributed by atoms with E-state index < -0.39 is 23.4 Å². The van der Waals surface area contributed by atoms with Crippen molar-refractivity contribution in [2.24, 2.45) is 28.0 Å². The van der Waals surface area contributed by atoms with Crippen LogP contribution in [0.25, 0.3) is 22.2 Å². The van der Waals surface area contributed by atoms with Gasteiger partial charge in [0.25, 0.3) is 5.91 Å². The fourth-order valence-electron chi connectivity index (χ4n) is 8.20. The Hall–Kier alpha value is -5.26. The standard InChI is InChI=1S/C38H57N10O6P.C7H11NO/c1-9-46-31-15-14-26(19-28(31)29(20-38(5,6)22-54-55-52)34(46)27-13-12-16-41-32(27)25(4)53-8)35(39)44-48(40)21-30(37(51)47-18-11-10-17-42-47)43-36(50)33(24(2)3)45(7)23-49;1-2-7(9)8-5-3-4-6-8/h12-16,19,23-25,30,33,42H,9-11,17-18,20-22,40H2,1-8H3,(H2,39,44)(H,43,50);2H,1,3-6H2. The molecule has 2 fully saturated rings. The Labute approximate surface area is 378 Å². The van der Waals surface area contributed by atoms with Crippen molar-refractivity contribution < 1.29 is 33.0 Å². The summed E-state index contributed by atoms with van der Waals surface area (Å²) in [4.78, 5) is 57.5. The number of pyridine rings is 1. The van der Waals surface area contributed by atoms with Crippen LogP contribution in [0.3, 0.4) is 0 Å². The second kappa shape index (κ2) is 24.1. The number of rotatable bonds is 20. The molecule has 3 aromatic rings. The fourth-order valence-corrected chi connectivity index (χ4v) is 8.61. The molecule has 0 bridgehead atoms. The van der Waals surface area contributed by atoms with Crippen molar-refractivity contribution in [1.29, 1.82) is 0 Å². The molecule has 2 saturated heterocycles. The predicted molar refractivity (Wildman–Crippen MR) is 248 cm³/mol. The molecule has 3 atom stereocenters. The number of amides is 4. The van der Waals surface area contributed by atoms with Gasteiger partial charge in [0, 0.05) is 75.1 Å². The Bertz CT molecular complexity index is 2110. The first-order valence-electron chi connectivity index (χ1n) is 21.9. The molecule has 0 radical (unpaired) electrons. The van der Waals surface area contributed by atoms with Gasteiger partial charge in [-0.15, -0.1) is 5.10 Å². The SMILES string of the molecule is C=CC(=O)N1CCCC1.CCn1c(-c2cccnc2C(C)OC)c(CC(C)(C)COP=O)c2cc(/C(N)=N/N(N)CC(NC(=O)C(C(C)C)N(C)C=O)C(=O)N3CCCCN3)ccc21. The molecule has 5 rings (SSSR count). The molecule has 0 saturated carbocycles. The molecule has 2 aromatic heterocycles. The van der Waals surface area contributed by atoms with Gasteiger partial charge in [0.05, 0.1) is 30.6 Å². The van der Waals surface area contributed by atoms with Gasteiger partial charge in [-0.25, -0.2) is 21.0 Å². The van der Waals surface area contributed by atoms with Crippen LogP contribution in [0.1, 0.15) is 90.2 Å². The average Bonchev–Trinajstić information content (AvgIpc) is 3.94. The van der Waals surface area contributed by atoms with Gasteiger partial charge < -0.3 is 30.2 Å². The zero-order chi connectivity index (χ0) is 47.1. The molecule has 0 aliphatic carbocycles. The number of likely N-dealkylation sites (N-methyl/N-ethyl adjacent to an activating group) is 1. The van der Waals surface area contributed by atoms with E-state index in [4.69, 9.17) is 25.8 Å². The van der Waals surface area contributed by atoms with Crippen molar-refractivity contribution in [3.05, 3.63) is 66.0 Å². The number of nitrogens with two attached hydrogens (primary N) is 2. The number of hydrogen-bond donors (Lipinski definition) is 4. The predicted octanol–water partition coefficient (Wildman–Crippen LogP) is 4.54. The molecule has 64 heavy (non-hydrogen) atoms. The second-order valence-electron chi connectivity index (χ2n) is 17.3. The first-order chi connectivity index (χ1) is 30.5. The average molecular weight is 906 g/mol. The number of likely N-dealkylation sites (tertiary alicyclic amines) is 1. The van der Waals surface area contributed by atoms with E-state index in [9.17, 15) is 23.7 Å². The highest BCUT2D eigenvalue weighted by molar-refractivity contribution is 7.17. The maximum Gasteiger partial charge on any atom is 0.327 e. The van der Waals surface area contributed by atoms with Gasteiger partial charge in [0.15, 0.2) is 5.84 Å². The number of fused-ring (bicyclic) bond motifs is 1. The minimum absolute atomic E-state index is 0.0764. The molecule has 19 heteroatoms. The van der Waals surface area contributed by atoms with Crippen molar-refractivity contribution in [3.8, 4) is 11.3 Å². The topological polar surface area (TPSA) is 223 Å². The number of nitrogens with zero attached hydrogens (tertiary/aromatic N) is 7. The maximum atomic E-state index is 13.7. The summed E-state index contributed by atoms with van der Waals surface area (Å²) in [5.74, 6) is 5.51. The third-order valence-electron chi connectivity index (χ3n) is 11.5. The van der Waals surface area contributed by atoms with Gasteiger partial charge >= 0.3 is 8.69 Å². The first kappa shape index (κ1) is 51.4. The summed E-state index contributed by atoms with van der Waals surface area (Å²) in [5, 5.41) is 10.8. The summed E-state index contributed by atoms with van der Waals surface area (Å²) in [6, 6.07) is 7.87. The number of amidine groups is 1. The number of aromatic nitrogens is 2. The molecule has 350 valence electrons. The number of aryl methyl sites for hydroxylation is 1. The smallest absolute Gasteiger partial charge is 0.327 e. The van der Waals surface area contributed by atoms with Crippen LogP contribution in [0.15, 0.2) is 54.3 Å². The lowest BCUT2D eigenvalue weighted by atomic mass is 9.84. The Morgan fingerprint density at radius 1 is 1.12 bits per heavy atom. The highest BCUT2D eigenvalue weighted by Crippen LogP contribution is 2.41. The summed E-state index contributed by atoms with van der Waals surface area (Å²) in [5.41, 5.74) is 14.6. The number of hydrazone groups is 1. The van der Waals surface area contributed by atoms with E-state index in [1.807, 2.05) is 56.0 Å². The summed E-state index contributed by atoms with van der Waals surface area (Å²) < 4.78 is 24.6. The monoisotopic (exact) mass is 906 g/mol. The third kappa shape index (κ3) is 13.2. The summed E-state index contributed by atoms with van der Waals surface area (Å²) >= 11 is 0. The lowest BCUT2D eigenvalue weighted by molar-refractivity contribution is -0.142. The van der Waals surface area contributed by atoms with Gasteiger partial charge in [-0.05, 0) is 99.3 Å². The number of ether oxygens (including phenoxy) is 1. The Morgan fingerprint density at radius 3 is 2.42 bits per heavy atom. The summed E-state index contributed by atoms with van der Waals surface area (Å²) in [6.45, 7) is 18.9. The first-order valence-corrected chi connectivity index (χ1v) is 22.6. The van der Waals surface area contributed by atoms with Crippen LogP contribution in [-0.4, -0.2) is 125 Å². The van der Waals surface area contributed by atoms with E-state index in [-0.39, 0.29) is 51.5 Å². The van der Waals surface area contributed by atoms with Crippen LogP contribution < -0.4 is 22.3 Å². The minimum atomic E-state index is -1.10. The highest BCUT2D eigenvalue weighted by Gasteiger charge is 2.34. The van der Waals surface area contributed by atoms with E-state index in [0.717, 1.165) is 77.3 Å². The van der Waals surface area contributed by atoms with Gasteiger partial charge in [-0.1, -0.05) is 34.3 Å². The Kier molecular flexibility index (Phi) is 19.4. The molecule has 0 spiro atoms. The zero-order valence-electron chi connectivity index (χ0n) is 38.7. The normalized spacial score (nSPS) is 15.9. The number of hydrazine groups is 2. The van der Waals surface area contributed by atoms with Crippen molar-refractivity contribution >= 4 is 49.6 Å². The van der Waals surface area contributed by atoms with Crippen molar-refractivity contribution in [2.45, 2.75) is 98.4 Å². The molecule has 2 aliphatic rings. The van der Waals surface area contributed by atoms with E-state index >= 15 is 0 Å². The van der Waals surface area contributed by atoms with Crippen molar-refractivity contribution in [2.75, 3.05) is 53.5 Å². The number of carbonyl (C=O) groups excluding carboxylic acids is 4. The lowest BCUT2D eigenvalue weighted by Gasteiger charge is -2.34.